The number of aromatic nitrogens is 4. The minimum atomic E-state index is -3.55. The fraction of sp³-hybridized carbons (Fsp3) is 0.545. The van der Waals surface area contributed by atoms with E-state index in [1.807, 2.05) is 24.4 Å². The number of H-pyrrole nitrogens is 1. The normalized spacial score (nSPS) is 25.8. The average Bonchev–Trinajstić information content (AvgIpc) is 3.41. The van der Waals surface area contributed by atoms with Crippen molar-refractivity contribution >= 4 is 49.3 Å². The summed E-state index contributed by atoms with van der Waals surface area (Å²) in [5, 5.41) is 26.0. The van der Waals surface area contributed by atoms with Gasteiger partial charge in [0.15, 0.2) is 5.82 Å². The number of nitrogens with one attached hydrogen (secondary N) is 3. The first-order valence-corrected chi connectivity index (χ1v) is 14.2. The highest BCUT2D eigenvalue weighted by Gasteiger charge is 2.49. The number of rotatable bonds is 6. The lowest BCUT2D eigenvalue weighted by Gasteiger charge is -2.50. The molecule has 6 rings (SSSR count). The van der Waals surface area contributed by atoms with Gasteiger partial charge in [0, 0.05) is 43.0 Å². The van der Waals surface area contributed by atoms with Gasteiger partial charge in [0.05, 0.1) is 17.4 Å². The van der Waals surface area contributed by atoms with E-state index >= 15 is 0 Å². The Balaban J connectivity index is 1.21. The molecule has 0 saturated carbocycles. The highest BCUT2D eigenvalue weighted by atomic mass is 32.2. The van der Waals surface area contributed by atoms with Crippen molar-refractivity contribution in [2.24, 2.45) is 5.92 Å². The Morgan fingerprint density at radius 2 is 2.00 bits per heavy atom. The zero-order valence-corrected chi connectivity index (χ0v) is 20.9. The third-order valence-electron chi connectivity index (χ3n) is 7.14. The van der Waals surface area contributed by atoms with Crippen molar-refractivity contribution in [2.75, 3.05) is 23.7 Å². The largest absolute Gasteiger partial charge is 0.351 e. The summed E-state index contributed by atoms with van der Waals surface area (Å²) >= 11 is 1.55. The zero-order chi connectivity index (χ0) is 24.2. The highest BCUT2D eigenvalue weighted by Crippen LogP contribution is 2.39. The second-order valence-electron chi connectivity index (χ2n) is 9.63. The monoisotopic (exact) mass is 513 g/mol. The molecule has 2 bridgehead atoms. The smallest absolute Gasteiger partial charge is 0.282 e. The van der Waals surface area contributed by atoms with E-state index in [9.17, 15) is 8.42 Å². The number of nitriles is 1. The van der Waals surface area contributed by atoms with Crippen LogP contribution in [0.2, 0.25) is 0 Å². The number of hydrogen-bond acceptors (Lipinski definition) is 9. The molecule has 1 unspecified atom stereocenters. The van der Waals surface area contributed by atoms with Gasteiger partial charge in [-0.3, -0.25) is 5.10 Å². The number of anilines is 3. The van der Waals surface area contributed by atoms with Crippen LogP contribution in [0.3, 0.4) is 0 Å². The van der Waals surface area contributed by atoms with Crippen LogP contribution in [0.1, 0.15) is 37.8 Å². The van der Waals surface area contributed by atoms with Crippen LogP contribution >= 0.6 is 11.3 Å². The minimum absolute atomic E-state index is 0.0544. The van der Waals surface area contributed by atoms with Gasteiger partial charge < -0.3 is 10.6 Å². The molecule has 3 atom stereocenters. The summed E-state index contributed by atoms with van der Waals surface area (Å²) in [6, 6.07) is 6.05. The summed E-state index contributed by atoms with van der Waals surface area (Å²) in [6.07, 6.45) is 4.14. The molecule has 3 aliphatic rings. The number of aryl methyl sites for hydroxylation is 1. The molecular formula is C22H27N9O2S2. The van der Waals surface area contributed by atoms with E-state index in [1.165, 1.54) is 4.31 Å². The summed E-state index contributed by atoms with van der Waals surface area (Å²) in [6.45, 7) is 2.55. The Hall–Kier alpha value is -2.79. The predicted octanol–water partition coefficient (Wildman–Crippen LogP) is 2.96. The van der Waals surface area contributed by atoms with Crippen molar-refractivity contribution in [1.29, 1.82) is 5.26 Å². The van der Waals surface area contributed by atoms with Crippen LogP contribution in [0.5, 0.6) is 0 Å². The van der Waals surface area contributed by atoms with E-state index in [0.717, 1.165) is 35.2 Å². The lowest BCUT2D eigenvalue weighted by molar-refractivity contribution is 0.0983. The molecule has 3 aromatic rings. The Labute approximate surface area is 207 Å². The lowest BCUT2D eigenvalue weighted by Crippen LogP contribution is -2.63. The van der Waals surface area contributed by atoms with Gasteiger partial charge in [0.25, 0.3) is 10.2 Å². The maximum Gasteiger partial charge on any atom is 0.282 e. The first-order valence-electron chi connectivity index (χ1n) is 11.9. The van der Waals surface area contributed by atoms with Crippen LogP contribution in [-0.2, 0) is 10.2 Å². The minimum Gasteiger partial charge on any atom is -0.351 e. The molecule has 13 heteroatoms. The number of nitrogens with zero attached hydrogens (tertiary/aromatic N) is 6. The van der Waals surface area contributed by atoms with E-state index in [1.54, 1.807) is 15.6 Å². The van der Waals surface area contributed by atoms with Crippen molar-refractivity contribution in [3.05, 3.63) is 23.2 Å². The summed E-state index contributed by atoms with van der Waals surface area (Å²) in [5.41, 5.74) is 0.955. The van der Waals surface area contributed by atoms with E-state index < -0.39 is 10.2 Å². The Bertz CT molecular complexity index is 1380. The molecule has 3 fully saturated rings. The molecule has 0 amide bonds. The summed E-state index contributed by atoms with van der Waals surface area (Å²) in [5.74, 6) is 1.72. The first-order chi connectivity index (χ1) is 16.9. The zero-order valence-electron chi connectivity index (χ0n) is 19.3. The van der Waals surface area contributed by atoms with Gasteiger partial charge in [-0.2, -0.15) is 32.4 Å². The SMILES string of the molecule is Cc1cc(Nc2nc(NC3C[C@H]4CCC[C@@H](C3)N4S(=O)(=O)N3CC(C#N)C3)nc3sccc23)n[nH]1. The highest BCUT2D eigenvalue weighted by molar-refractivity contribution is 7.86. The van der Waals surface area contributed by atoms with Gasteiger partial charge >= 0.3 is 0 Å². The van der Waals surface area contributed by atoms with Crippen LogP contribution < -0.4 is 10.6 Å². The Kier molecular flexibility index (Phi) is 5.63. The van der Waals surface area contributed by atoms with E-state index in [-0.39, 0.29) is 24.0 Å². The molecule has 3 aliphatic heterocycles. The summed E-state index contributed by atoms with van der Waals surface area (Å²) in [7, 11) is -3.55. The molecule has 0 aromatic carbocycles. The van der Waals surface area contributed by atoms with E-state index in [0.29, 0.717) is 43.5 Å². The topological polar surface area (TPSA) is 143 Å². The van der Waals surface area contributed by atoms with Crippen LogP contribution in [0.4, 0.5) is 17.6 Å². The van der Waals surface area contributed by atoms with Crippen molar-refractivity contribution in [2.45, 2.75) is 57.2 Å². The van der Waals surface area contributed by atoms with Gasteiger partial charge in [0.1, 0.15) is 10.6 Å². The molecule has 3 N–H and O–H groups in total. The maximum absolute atomic E-state index is 13.3. The molecule has 0 spiro atoms. The maximum atomic E-state index is 13.3. The van der Waals surface area contributed by atoms with Gasteiger partial charge in [-0.15, -0.1) is 11.3 Å². The van der Waals surface area contributed by atoms with Crippen LogP contribution in [0.25, 0.3) is 10.2 Å². The van der Waals surface area contributed by atoms with Gasteiger partial charge in [-0.05, 0) is 44.1 Å². The molecule has 6 heterocycles. The van der Waals surface area contributed by atoms with Crippen molar-refractivity contribution in [1.82, 2.24) is 28.8 Å². The molecule has 0 radical (unpaired) electrons. The molecule has 35 heavy (non-hydrogen) atoms. The Morgan fingerprint density at radius 3 is 2.69 bits per heavy atom. The van der Waals surface area contributed by atoms with E-state index in [4.69, 9.17) is 15.2 Å². The quantitative estimate of drug-likeness (QED) is 0.456. The Morgan fingerprint density at radius 1 is 1.23 bits per heavy atom. The fourth-order valence-electron chi connectivity index (χ4n) is 5.48. The summed E-state index contributed by atoms with van der Waals surface area (Å²) in [4.78, 5) is 10.4. The molecule has 3 aromatic heterocycles. The molecule has 3 saturated heterocycles. The van der Waals surface area contributed by atoms with Crippen LogP contribution in [-0.4, -0.2) is 68.4 Å². The number of hydrogen-bond donors (Lipinski definition) is 3. The van der Waals surface area contributed by atoms with Gasteiger partial charge in [-0.1, -0.05) is 6.42 Å². The predicted molar refractivity (Wildman–Crippen MR) is 134 cm³/mol. The molecule has 0 aliphatic carbocycles. The second-order valence-corrected chi connectivity index (χ2v) is 12.4. The van der Waals surface area contributed by atoms with Gasteiger partial charge in [0.2, 0.25) is 5.95 Å². The van der Waals surface area contributed by atoms with E-state index in [2.05, 4.69) is 26.9 Å². The number of piperidine rings is 2. The lowest BCUT2D eigenvalue weighted by atomic mass is 9.84. The number of thiophene rings is 1. The standard InChI is InChI=1S/C22H27N9O2S2/c1-13-7-19(29-28-13)25-20-18-5-6-34-21(18)27-22(26-20)24-15-8-16-3-2-4-17(9-15)31(16)35(32,33)30-11-14(10-23)12-30/h5-7,14-17H,2-4,8-9,11-12H2,1H3,(H3,24,25,26,27,28,29)/t15?,16-,17+. The van der Waals surface area contributed by atoms with Crippen molar-refractivity contribution in [3.8, 4) is 6.07 Å². The van der Waals surface area contributed by atoms with Crippen LogP contribution in [0.15, 0.2) is 17.5 Å². The molecule has 184 valence electrons. The third-order valence-corrected chi connectivity index (χ3v) is 10.0. The summed E-state index contributed by atoms with van der Waals surface area (Å²) < 4.78 is 29.8. The number of fused-ring (bicyclic) bond motifs is 3. The third kappa shape index (κ3) is 4.14. The van der Waals surface area contributed by atoms with Crippen molar-refractivity contribution in [3.63, 3.8) is 0 Å². The first kappa shape index (κ1) is 22.7. The van der Waals surface area contributed by atoms with Gasteiger partial charge in [-0.25, -0.2) is 4.98 Å². The average molecular weight is 514 g/mol. The van der Waals surface area contributed by atoms with Crippen LogP contribution in [0, 0.1) is 24.2 Å². The molecule has 11 nitrogen and oxygen atoms in total. The number of aromatic amines is 1. The second kappa shape index (κ2) is 8.70. The van der Waals surface area contributed by atoms with Crippen molar-refractivity contribution < 1.29 is 8.42 Å². The fourth-order valence-corrected chi connectivity index (χ4v) is 8.38. The molecular weight excluding hydrogens is 486 g/mol.